The molecule has 0 saturated carbocycles. The third-order valence-electron chi connectivity index (χ3n) is 13.6. The second-order valence-corrected chi connectivity index (χ2v) is 25.3. The van der Waals surface area contributed by atoms with Crippen LogP contribution < -0.4 is 38.1 Å². The van der Waals surface area contributed by atoms with Gasteiger partial charge in [0.15, 0.2) is 0 Å². The van der Waals surface area contributed by atoms with Crippen LogP contribution in [-0.2, 0) is 16.0 Å². The van der Waals surface area contributed by atoms with Gasteiger partial charge in [0.05, 0.1) is 30.3 Å². The zero-order valence-corrected chi connectivity index (χ0v) is 50.2. The van der Waals surface area contributed by atoms with Crippen LogP contribution in [0.25, 0.3) is 43.4 Å². The van der Waals surface area contributed by atoms with Gasteiger partial charge in [-0.15, -0.1) is 68.0 Å². The van der Waals surface area contributed by atoms with E-state index in [4.69, 9.17) is 31.4 Å². The Morgan fingerprint density at radius 2 is 1.27 bits per heavy atom. The highest BCUT2D eigenvalue weighted by atomic mass is 32.1. The van der Waals surface area contributed by atoms with Crippen LogP contribution in [0.5, 0.6) is 5.75 Å². The van der Waals surface area contributed by atoms with E-state index in [0.717, 1.165) is 40.4 Å². The van der Waals surface area contributed by atoms with E-state index in [9.17, 15) is 44.1 Å². The van der Waals surface area contributed by atoms with Gasteiger partial charge >= 0.3 is 0 Å². The highest BCUT2D eigenvalue weighted by Crippen LogP contribution is 2.40. The largest absolute Gasteiger partial charge is 0.508 e. The third-order valence-corrected chi connectivity index (χ3v) is 19.1. The first-order valence-corrected chi connectivity index (χ1v) is 31.6. The number of thiazole rings is 6. The molecule has 2 aromatic carbocycles. The molecule has 0 spiro atoms. The van der Waals surface area contributed by atoms with Crippen LogP contribution in [0.4, 0.5) is 0 Å². The minimum atomic E-state index is -1.41. The normalized spacial score (nSPS) is 17.8. The summed E-state index contributed by atoms with van der Waals surface area (Å²) in [6.07, 6.45) is -2.05. The quantitative estimate of drug-likeness (QED) is 0.0509. The van der Waals surface area contributed by atoms with E-state index in [1.54, 1.807) is 79.2 Å². The number of nitrogens with zero attached hydrogens (tertiary/aromatic N) is 7. The number of amides is 6. The number of carbonyl (C=O) groups is 6. The number of carbonyl (C=O) groups excluding carboxylic acids is 6. The molecule has 23 nitrogen and oxygen atoms in total. The first-order chi connectivity index (χ1) is 40.9. The molecular formula is C56H54N14O9S6. The number of aromatic nitrogens is 7. The highest BCUT2D eigenvalue weighted by Gasteiger charge is 2.36. The molecule has 7 atom stereocenters. The van der Waals surface area contributed by atoms with Gasteiger partial charge < -0.3 is 53.4 Å². The van der Waals surface area contributed by atoms with Gasteiger partial charge in [0.1, 0.15) is 93.8 Å². The van der Waals surface area contributed by atoms with Gasteiger partial charge in [-0.1, -0.05) is 56.3 Å². The van der Waals surface area contributed by atoms with E-state index >= 15 is 0 Å². The summed E-state index contributed by atoms with van der Waals surface area (Å²) in [5.74, 6) is -4.99. The summed E-state index contributed by atoms with van der Waals surface area (Å²) in [4.78, 5) is 117. The lowest BCUT2D eigenvalue weighted by molar-refractivity contribution is -0.124. The molecule has 9 aromatic rings. The van der Waals surface area contributed by atoms with Crippen molar-refractivity contribution < 1.29 is 44.1 Å². The fourth-order valence-corrected chi connectivity index (χ4v) is 14.3. The van der Waals surface area contributed by atoms with E-state index in [2.05, 4.69) is 41.5 Å². The molecule has 0 aliphatic carbocycles. The van der Waals surface area contributed by atoms with Crippen molar-refractivity contribution in [3.8, 4) is 49.1 Å². The predicted octanol–water partition coefficient (Wildman–Crippen LogP) is 6.66. The number of aryl methyl sites for hydroxylation is 1. The summed E-state index contributed by atoms with van der Waals surface area (Å²) in [6.45, 7) is 6.25. The van der Waals surface area contributed by atoms with Gasteiger partial charge in [-0.3, -0.25) is 28.8 Å². The fourth-order valence-electron chi connectivity index (χ4n) is 9.07. The molecule has 12 N–H and O–H groups in total. The number of phenols is 1. The summed E-state index contributed by atoms with van der Waals surface area (Å²) in [6, 6.07) is 13.5. The number of nitrogens with two attached hydrogens (primary N) is 2. The van der Waals surface area contributed by atoms with Crippen LogP contribution in [0.3, 0.4) is 0 Å². The fraction of sp³-hybridized carbons (Fsp3) is 0.268. The maximum atomic E-state index is 15.0. The smallest absolute Gasteiger partial charge is 0.271 e. The van der Waals surface area contributed by atoms with E-state index in [1.807, 2.05) is 6.92 Å². The Morgan fingerprint density at radius 3 is 1.99 bits per heavy atom. The van der Waals surface area contributed by atoms with Gasteiger partial charge in [-0.25, -0.2) is 34.9 Å². The first-order valence-electron chi connectivity index (χ1n) is 26.4. The molecular weight excluding hydrogens is 1210 g/mol. The van der Waals surface area contributed by atoms with E-state index in [1.165, 1.54) is 62.3 Å². The van der Waals surface area contributed by atoms with Gasteiger partial charge in [0, 0.05) is 56.2 Å². The van der Waals surface area contributed by atoms with Gasteiger partial charge in [-0.2, -0.15) is 0 Å². The molecule has 10 rings (SSSR count). The van der Waals surface area contributed by atoms with Gasteiger partial charge in [0.2, 0.25) is 11.8 Å². The predicted molar refractivity (Wildman–Crippen MR) is 324 cm³/mol. The summed E-state index contributed by atoms with van der Waals surface area (Å²) >= 11 is 6.82. The zero-order chi connectivity index (χ0) is 60.1. The topological polar surface area (TPSA) is 366 Å². The Balaban J connectivity index is 1.09. The lowest BCUT2D eigenvalue weighted by atomic mass is 9.94. The number of benzene rings is 2. The highest BCUT2D eigenvalue weighted by molar-refractivity contribution is 7.15. The average Bonchev–Trinajstić information content (AvgIpc) is 2.65. The summed E-state index contributed by atoms with van der Waals surface area (Å²) in [5, 5.41) is 58.7. The molecule has 29 heteroatoms. The van der Waals surface area contributed by atoms with E-state index < -0.39 is 84.2 Å². The molecule has 0 fully saturated rings. The monoisotopic (exact) mass is 1260 g/mol. The second kappa shape index (κ2) is 26.4. The number of hydrogen-bond acceptors (Lipinski definition) is 23. The van der Waals surface area contributed by atoms with Crippen molar-refractivity contribution in [3.63, 3.8) is 0 Å². The van der Waals surface area contributed by atoms with Crippen LogP contribution in [0.2, 0.25) is 0 Å². The molecule has 10 bridgehead atoms. The molecule has 1 aliphatic rings. The maximum absolute atomic E-state index is 15.0. The minimum Gasteiger partial charge on any atom is -0.508 e. The van der Waals surface area contributed by atoms with Gasteiger partial charge in [-0.05, 0) is 55.3 Å². The second-order valence-electron chi connectivity index (χ2n) is 19.7. The Morgan fingerprint density at radius 1 is 0.635 bits per heavy atom. The molecule has 7 aromatic heterocycles. The number of aromatic hydroxyl groups is 1. The summed E-state index contributed by atoms with van der Waals surface area (Å²) < 4.78 is 0. The average molecular weight is 1260 g/mol. The summed E-state index contributed by atoms with van der Waals surface area (Å²) in [5.41, 5.74) is 14.1. The number of nitrogens with one attached hydrogen (secondary N) is 5. The van der Waals surface area contributed by atoms with Crippen molar-refractivity contribution >= 4 is 103 Å². The van der Waals surface area contributed by atoms with E-state index in [-0.39, 0.29) is 51.5 Å². The van der Waals surface area contributed by atoms with Crippen LogP contribution in [-0.4, -0.2) is 111 Å². The van der Waals surface area contributed by atoms with E-state index in [0.29, 0.717) is 70.9 Å². The third kappa shape index (κ3) is 13.9. The maximum Gasteiger partial charge on any atom is 0.271 e. The first kappa shape index (κ1) is 60.0. The molecule has 6 amide bonds. The number of pyridine rings is 1. The standard InChI is InChI=1S/C56H54N14O9S6/c1-4-16-59-19-39(72)25(2)41-55-67-38(24-84-55)53-63-34(20-81-53)43-30(14-15-31(60-43)52-64-35(21-82-52)46(58)75)51-65-36(22-80-51)49(78)62-33(18-40(57)73)54-70-42(26(3)85-54)50(79)69-44(45(74)28-8-6-5-7-9-28)56-66-37(23-83-56)48(77)61-32(47(76)68-41)17-27-10-12-29(71)13-11-27/h5-15,20-25,32-33,39,41,44-45,59,71-72,74H,4,16-19H2,1-3H3,(H2,57,73)(H2,58,75)(H,61,77)(H,62,78)(H,68,76)(H,69,79)/t25-,32-,33-,39-,41-,44-,45+/m0/s1. The molecule has 85 heavy (non-hydrogen) atoms. The van der Waals surface area contributed by atoms with Crippen LogP contribution >= 0.6 is 68.0 Å². The Bertz CT molecular complexity index is 3920. The zero-order valence-electron chi connectivity index (χ0n) is 45.3. The lowest BCUT2D eigenvalue weighted by Gasteiger charge is -2.29. The van der Waals surface area contributed by atoms with Crippen LogP contribution in [0.15, 0.2) is 93.6 Å². The molecule has 438 valence electrons. The lowest BCUT2D eigenvalue weighted by Crippen LogP contribution is -2.51. The van der Waals surface area contributed by atoms with Crippen molar-refractivity contribution in [2.45, 2.75) is 76.4 Å². The van der Waals surface area contributed by atoms with Crippen molar-refractivity contribution in [3.05, 3.63) is 147 Å². The van der Waals surface area contributed by atoms with Crippen molar-refractivity contribution in [2.24, 2.45) is 17.4 Å². The number of rotatable bonds is 14. The number of primary amides is 2. The molecule has 0 radical (unpaired) electrons. The van der Waals surface area contributed by atoms with Crippen LogP contribution in [0, 0.1) is 12.8 Å². The SMILES string of the molecule is CCCNC[C@H](O)[C@H](C)[C@@H]1NC(=O)[C@H](Cc2ccc(O)cc2)NC(=O)c2csc(n2)[C@H]([C@H](O)c2ccccc2)NC(=O)c2nc(sc2C)[C@H](CC(N)=O)NC(=O)c2csc(n2)-c2ccc(-c3nc(C(N)=O)cs3)nc2-c2csc(n2)-c2csc1n2. The Hall–Kier alpha value is -8.13. The Labute approximate surface area is 509 Å². The van der Waals surface area contributed by atoms with Crippen molar-refractivity contribution in [1.29, 1.82) is 0 Å². The van der Waals surface area contributed by atoms with Crippen LogP contribution in [0.1, 0.15) is 124 Å². The Kier molecular flexibility index (Phi) is 18.7. The number of phenolic OH excluding ortho intramolecular Hbond substituents is 1. The van der Waals surface area contributed by atoms with Gasteiger partial charge in [0.25, 0.3) is 23.6 Å². The number of hydrogen-bond donors (Lipinski definition) is 10. The number of aliphatic hydroxyl groups excluding tert-OH is 2. The molecule has 1 aliphatic heterocycles. The molecule has 0 unspecified atom stereocenters. The molecule has 8 heterocycles. The van der Waals surface area contributed by atoms with Crippen molar-refractivity contribution in [2.75, 3.05) is 13.1 Å². The number of fused-ring (bicyclic) bond motifs is 14. The minimum absolute atomic E-state index is 0.00967. The summed E-state index contributed by atoms with van der Waals surface area (Å²) in [7, 11) is 0. The number of aliphatic hydroxyl groups is 2. The molecule has 0 saturated heterocycles. The van der Waals surface area contributed by atoms with Crippen molar-refractivity contribution in [1.82, 2.24) is 61.5 Å².